The monoisotopic (exact) mass is 267 g/mol. The molecular weight excluding hydrogens is 246 g/mol. The number of rotatable bonds is 3. The average molecular weight is 267 g/mol. The molecule has 1 aromatic rings. The van der Waals surface area contributed by atoms with E-state index in [0.717, 1.165) is 5.76 Å². The van der Waals surface area contributed by atoms with Crippen molar-refractivity contribution >= 4 is 5.97 Å². The van der Waals surface area contributed by atoms with Crippen molar-refractivity contribution in [2.24, 2.45) is 5.73 Å². The molecule has 1 fully saturated rings. The molecule has 0 aliphatic carbocycles. The van der Waals surface area contributed by atoms with Crippen LogP contribution in [0.5, 0.6) is 0 Å². The molecule has 6 heteroatoms. The van der Waals surface area contributed by atoms with Crippen molar-refractivity contribution in [1.82, 2.24) is 9.88 Å². The highest BCUT2D eigenvalue weighted by Crippen LogP contribution is 2.25. The highest BCUT2D eigenvalue weighted by atomic mass is 16.4. The molecule has 6 nitrogen and oxygen atoms in total. The molecule has 1 saturated heterocycles. The van der Waals surface area contributed by atoms with Gasteiger partial charge < -0.3 is 15.3 Å². The summed E-state index contributed by atoms with van der Waals surface area (Å²) in [5.41, 5.74) is 4.61. The Morgan fingerprint density at radius 3 is 2.79 bits per heavy atom. The van der Waals surface area contributed by atoms with Crippen LogP contribution in [-0.4, -0.2) is 39.6 Å². The minimum atomic E-state index is -1.14. The van der Waals surface area contributed by atoms with Crippen molar-refractivity contribution in [1.29, 1.82) is 0 Å². The molecule has 0 spiro atoms. The molecule has 1 unspecified atom stereocenters. The Hall–Kier alpha value is -1.40. The zero-order valence-electron chi connectivity index (χ0n) is 11.6. The standard InChI is InChI=1S/C13H21N3O3/c1-12(2,3)9-6-15-10(19-9)7-16-5-4-13(14,8-16)11(17)18/h6H,4-5,7-8,14H2,1-3H3,(H,17,18). The van der Waals surface area contributed by atoms with Gasteiger partial charge in [0.15, 0.2) is 0 Å². The van der Waals surface area contributed by atoms with Gasteiger partial charge in [0.25, 0.3) is 0 Å². The van der Waals surface area contributed by atoms with Gasteiger partial charge in [0.05, 0.1) is 12.7 Å². The van der Waals surface area contributed by atoms with Crippen molar-refractivity contribution in [2.75, 3.05) is 13.1 Å². The van der Waals surface area contributed by atoms with Gasteiger partial charge in [0, 0.05) is 18.5 Å². The molecule has 2 heterocycles. The number of carboxylic acids is 1. The van der Waals surface area contributed by atoms with Crippen LogP contribution in [0.2, 0.25) is 0 Å². The van der Waals surface area contributed by atoms with Crippen molar-refractivity contribution in [3.05, 3.63) is 17.8 Å². The zero-order chi connectivity index (χ0) is 14.3. The van der Waals surface area contributed by atoms with Gasteiger partial charge in [0.1, 0.15) is 11.3 Å². The number of oxazole rings is 1. The molecule has 2 rings (SSSR count). The van der Waals surface area contributed by atoms with Gasteiger partial charge in [-0.3, -0.25) is 9.69 Å². The lowest BCUT2D eigenvalue weighted by Crippen LogP contribution is -2.50. The summed E-state index contributed by atoms with van der Waals surface area (Å²) in [4.78, 5) is 17.3. The van der Waals surface area contributed by atoms with Crippen LogP contribution in [0.15, 0.2) is 10.6 Å². The highest BCUT2D eigenvalue weighted by Gasteiger charge is 2.41. The summed E-state index contributed by atoms with van der Waals surface area (Å²) in [6.45, 7) is 7.65. The second kappa shape index (κ2) is 4.61. The maximum absolute atomic E-state index is 11.1. The molecule has 1 aromatic heterocycles. The molecule has 19 heavy (non-hydrogen) atoms. The molecule has 1 atom stereocenters. The van der Waals surface area contributed by atoms with Crippen LogP contribution in [0.3, 0.4) is 0 Å². The Labute approximate surface area is 112 Å². The molecule has 1 aliphatic heterocycles. The Balaban J connectivity index is 2.00. The molecule has 3 N–H and O–H groups in total. The third-order valence-electron chi connectivity index (χ3n) is 3.46. The van der Waals surface area contributed by atoms with E-state index in [0.29, 0.717) is 31.9 Å². The van der Waals surface area contributed by atoms with Crippen molar-refractivity contribution in [2.45, 2.75) is 44.7 Å². The first kappa shape index (κ1) is 14.0. The van der Waals surface area contributed by atoms with E-state index in [1.807, 2.05) is 4.90 Å². The first-order chi connectivity index (χ1) is 8.71. The number of carboxylic acid groups (broad SMARTS) is 1. The smallest absolute Gasteiger partial charge is 0.325 e. The number of hydrogen-bond donors (Lipinski definition) is 2. The summed E-state index contributed by atoms with van der Waals surface area (Å²) in [5, 5.41) is 9.08. The summed E-state index contributed by atoms with van der Waals surface area (Å²) < 4.78 is 5.70. The van der Waals surface area contributed by atoms with Crippen molar-refractivity contribution in [3.63, 3.8) is 0 Å². The molecule has 1 aliphatic rings. The lowest BCUT2D eigenvalue weighted by atomic mass is 9.94. The molecule has 106 valence electrons. The van der Waals surface area contributed by atoms with E-state index < -0.39 is 11.5 Å². The van der Waals surface area contributed by atoms with Gasteiger partial charge in [-0.25, -0.2) is 4.98 Å². The summed E-state index contributed by atoms with van der Waals surface area (Å²) >= 11 is 0. The van der Waals surface area contributed by atoms with Gasteiger partial charge in [-0.1, -0.05) is 20.8 Å². The molecule has 0 aromatic carbocycles. The second-order valence-corrected chi connectivity index (χ2v) is 6.29. The predicted octanol–water partition coefficient (Wildman–Crippen LogP) is 0.960. The Kier molecular flexibility index (Phi) is 3.40. The van der Waals surface area contributed by atoms with Gasteiger partial charge in [-0.15, -0.1) is 0 Å². The summed E-state index contributed by atoms with van der Waals surface area (Å²) in [6.07, 6.45) is 2.19. The number of aliphatic carboxylic acids is 1. The SMILES string of the molecule is CC(C)(C)c1cnc(CN2CCC(N)(C(=O)O)C2)o1. The highest BCUT2D eigenvalue weighted by molar-refractivity contribution is 5.79. The van der Waals surface area contributed by atoms with Crippen LogP contribution in [0, 0.1) is 0 Å². The molecule has 0 bridgehead atoms. The van der Waals surface area contributed by atoms with E-state index in [1.54, 1.807) is 6.20 Å². The van der Waals surface area contributed by atoms with E-state index in [-0.39, 0.29) is 5.41 Å². The number of nitrogens with zero attached hydrogens (tertiary/aromatic N) is 2. The van der Waals surface area contributed by atoms with E-state index in [9.17, 15) is 4.79 Å². The summed E-state index contributed by atoms with van der Waals surface area (Å²) in [6, 6.07) is 0. The third-order valence-corrected chi connectivity index (χ3v) is 3.46. The van der Waals surface area contributed by atoms with Gasteiger partial charge in [0.2, 0.25) is 5.89 Å². The maximum Gasteiger partial charge on any atom is 0.325 e. The summed E-state index contributed by atoms with van der Waals surface area (Å²) in [5.74, 6) is 0.497. The number of hydrogen-bond acceptors (Lipinski definition) is 5. The van der Waals surface area contributed by atoms with Crippen LogP contribution in [0.25, 0.3) is 0 Å². The van der Waals surface area contributed by atoms with Gasteiger partial charge in [-0.2, -0.15) is 0 Å². The Bertz CT molecular complexity index is 478. The molecule has 0 saturated carbocycles. The average Bonchev–Trinajstić information content (AvgIpc) is 2.86. The Morgan fingerprint density at radius 1 is 1.63 bits per heavy atom. The number of nitrogens with two attached hydrogens (primary N) is 1. The zero-order valence-corrected chi connectivity index (χ0v) is 11.6. The second-order valence-electron chi connectivity index (χ2n) is 6.29. The fourth-order valence-corrected chi connectivity index (χ4v) is 2.15. The molecule has 0 amide bonds. The van der Waals surface area contributed by atoms with E-state index in [4.69, 9.17) is 15.3 Å². The van der Waals surface area contributed by atoms with E-state index >= 15 is 0 Å². The fourth-order valence-electron chi connectivity index (χ4n) is 2.15. The molecule has 0 radical (unpaired) electrons. The number of carbonyl (C=O) groups is 1. The normalized spacial score (nSPS) is 24.8. The van der Waals surface area contributed by atoms with Crippen LogP contribution >= 0.6 is 0 Å². The molecular formula is C13H21N3O3. The third kappa shape index (κ3) is 2.96. The lowest BCUT2D eigenvalue weighted by Gasteiger charge is -2.19. The largest absolute Gasteiger partial charge is 0.480 e. The van der Waals surface area contributed by atoms with Crippen molar-refractivity contribution < 1.29 is 14.3 Å². The first-order valence-corrected chi connectivity index (χ1v) is 6.40. The van der Waals surface area contributed by atoms with Crippen LogP contribution in [-0.2, 0) is 16.8 Å². The van der Waals surface area contributed by atoms with E-state index in [2.05, 4.69) is 25.8 Å². The minimum absolute atomic E-state index is 0.0745. The fraction of sp³-hybridized carbons (Fsp3) is 0.692. The Morgan fingerprint density at radius 2 is 2.32 bits per heavy atom. The van der Waals surface area contributed by atoms with E-state index in [1.165, 1.54) is 0 Å². The summed E-state index contributed by atoms with van der Waals surface area (Å²) in [7, 11) is 0. The van der Waals surface area contributed by atoms with Crippen molar-refractivity contribution in [3.8, 4) is 0 Å². The first-order valence-electron chi connectivity index (χ1n) is 6.40. The lowest BCUT2D eigenvalue weighted by molar-refractivity contribution is -0.142. The number of aromatic nitrogens is 1. The predicted molar refractivity (Wildman–Crippen MR) is 69.7 cm³/mol. The number of likely N-dealkylation sites (tertiary alicyclic amines) is 1. The van der Waals surface area contributed by atoms with Gasteiger partial charge in [-0.05, 0) is 6.42 Å². The van der Waals surface area contributed by atoms with Crippen LogP contribution in [0.1, 0.15) is 38.8 Å². The van der Waals surface area contributed by atoms with Gasteiger partial charge >= 0.3 is 5.97 Å². The van der Waals surface area contributed by atoms with Crippen LogP contribution in [0.4, 0.5) is 0 Å². The minimum Gasteiger partial charge on any atom is -0.480 e. The maximum atomic E-state index is 11.1. The topological polar surface area (TPSA) is 92.6 Å². The van der Waals surface area contributed by atoms with Crippen LogP contribution < -0.4 is 5.73 Å². The quantitative estimate of drug-likeness (QED) is 0.847.